The van der Waals surface area contributed by atoms with Crippen molar-refractivity contribution in [1.29, 1.82) is 0 Å². The zero-order valence-corrected chi connectivity index (χ0v) is 23.3. The quantitative estimate of drug-likeness (QED) is 0.549. The summed E-state index contributed by atoms with van der Waals surface area (Å²) in [6.45, 7) is 6.04. The fourth-order valence-corrected chi connectivity index (χ4v) is 6.35. The Morgan fingerprint density at radius 2 is 1.67 bits per heavy atom. The summed E-state index contributed by atoms with van der Waals surface area (Å²) in [7, 11) is 1.59. The Labute approximate surface area is 233 Å². The Morgan fingerprint density at radius 1 is 1.05 bits per heavy atom. The van der Waals surface area contributed by atoms with E-state index in [2.05, 4.69) is 19.2 Å². The van der Waals surface area contributed by atoms with E-state index in [0.717, 1.165) is 12.0 Å². The van der Waals surface area contributed by atoms with Crippen LogP contribution in [-0.4, -0.2) is 66.3 Å². The summed E-state index contributed by atoms with van der Waals surface area (Å²) < 4.78 is 19.0. The molecule has 3 aliphatic rings. The van der Waals surface area contributed by atoms with Crippen molar-refractivity contribution in [2.75, 3.05) is 33.2 Å². The van der Waals surface area contributed by atoms with Crippen LogP contribution in [0.2, 0.25) is 5.02 Å². The van der Waals surface area contributed by atoms with Gasteiger partial charge in [-0.25, -0.2) is 9.18 Å². The highest BCUT2D eigenvalue weighted by Gasteiger charge is 2.57. The lowest BCUT2D eigenvalue weighted by Gasteiger charge is -2.44. The molecule has 1 aliphatic carbocycles. The van der Waals surface area contributed by atoms with Crippen LogP contribution in [0.5, 0.6) is 5.75 Å². The van der Waals surface area contributed by atoms with E-state index in [9.17, 15) is 18.8 Å². The van der Waals surface area contributed by atoms with Crippen molar-refractivity contribution in [3.8, 4) is 5.75 Å². The number of rotatable bonds is 6. The molecule has 0 radical (unpaired) electrons. The van der Waals surface area contributed by atoms with Crippen molar-refractivity contribution < 1.29 is 23.5 Å². The maximum absolute atomic E-state index is 14.5. The first-order valence-corrected chi connectivity index (χ1v) is 13.9. The van der Waals surface area contributed by atoms with Crippen molar-refractivity contribution in [3.63, 3.8) is 0 Å². The van der Waals surface area contributed by atoms with Crippen LogP contribution in [0.1, 0.15) is 44.6 Å². The van der Waals surface area contributed by atoms with E-state index in [0.29, 0.717) is 37.5 Å². The van der Waals surface area contributed by atoms with Gasteiger partial charge in [-0.2, -0.15) is 0 Å². The molecule has 0 bridgehead atoms. The van der Waals surface area contributed by atoms with Crippen LogP contribution in [0.25, 0.3) is 0 Å². The highest BCUT2D eigenvalue weighted by Crippen LogP contribution is 2.52. The predicted octanol–water partition coefficient (Wildman–Crippen LogP) is 4.89. The molecule has 208 valence electrons. The standard InChI is InChI=1S/C30H35ClFN3O4/c1-29(2)16-24(29)27(37)35-14-12-20(13-15-35)26(36)30(18-33-17-25(30)19-4-6-21(31)7-5-19)34(3)28(38)39-23-10-8-22(32)9-11-23/h4-11,20,24-25,33H,12-18H2,1-3H3/t24?,25-,30+/m0/s1. The smallest absolute Gasteiger partial charge is 0.410 e. The minimum Gasteiger partial charge on any atom is -0.410 e. The number of nitrogens with one attached hydrogen (secondary N) is 1. The van der Waals surface area contributed by atoms with E-state index < -0.39 is 17.4 Å². The number of likely N-dealkylation sites (tertiary alicyclic amines) is 1. The lowest BCUT2D eigenvalue weighted by atomic mass is 9.72. The minimum absolute atomic E-state index is 0.0372. The second-order valence-corrected chi connectivity index (χ2v) is 12.2. The molecule has 5 rings (SSSR count). The zero-order valence-electron chi connectivity index (χ0n) is 22.6. The second kappa shape index (κ2) is 10.5. The summed E-state index contributed by atoms with van der Waals surface area (Å²) in [5, 5.41) is 3.93. The van der Waals surface area contributed by atoms with E-state index in [4.69, 9.17) is 16.3 Å². The van der Waals surface area contributed by atoms with Gasteiger partial charge in [-0.05, 0) is 66.6 Å². The number of ketones is 1. The molecule has 2 aromatic carbocycles. The minimum atomic E-state index is -1.21. The Kier molecular flexibility index (Phi) is 7.46. The monoisotopic (exact) mass is 555 g/mol. The third-order valence-corrected chi connectivity index (χ3v) is 9.15. The van der Waals surface area contributed by atoms with Crippen molar-refractivity contribution in [1.82, 2.24) is 15.1 Å². The number of benzene rings is 2. The normalized spacial score (nSPS) is 26.2. The molecule has 2 aliphatic heterocycles. The van der Waals surface area contributed by atoms with Gasteiger partial charge in [0.25, 0.3) is 0 Å². The third-order valence-electron chi connectivity index (χ3n) is 8.90. The van der Waals surface area contributed by atoms with Gasteiger partial charge in [-0.1, -0.05) is 37.6 Å². The van der Waals surface area contributed by atoms with Gasteiger partial charge >= 0.3 is 6.09 Å². The molecular weight excluding hydrogens is 521 g/mol. The van der Waals surface area contributed by atoms with Crippen molar-refractivity contribution in [2.24, 2.45) is 17.3 Å². The van der Waals surface area contributed by atoms with Crippen LogP contribution in [0, 0.1) is 23.1 Å². The molecule has 1 unspecified atom stereocenters. The molecule has 7 nitrogen and oxygen atoms in total. The number of hydrogen-bond donors (Lipinski definition) is 1. The van der Waals surface area contributed by atoms with Gasteiger partial charge in [0.1, 0.15) is 17.1 Å². The summed E-state index contributed by atoms with van der Waals surface area (Å²) in [6.07, 6.45) is 1.31. The summed E-state index contributed by atoms with van der Waals surface area (Å²) in [4.78, 5) is 44.2. The number of ether oxygens (including phenoxy) is 1. The van der Waals surface area contributed by atoms with Crippen LogP contribution in [-0.2, 0) is 9.59 Å². The van der Waals surface area contributed by atoms with Gasteiger partial charge in [0.05, 0.1) is 0 Å². The number of likely N-dealkylation sites (N-methyl/N-ethyl adjacent to an activating group) is 1. The molecule has 2 heterocycles. The predicted molar refractivity (Wildman–Crippen MR) is 146 cm³/mol. The van der Waals surface area contributed by atoms with Crippen molar-refractivity contribution >= 4 is 29.4 Å². The van der Waals surface area contributed by atoms with Gasteiger partial charge < -0.3 is 15.0 Å². The zero-order chi connectivity index (χ0) is 27.9. The average molecular weight is 556 g/mol. The largest absolute Gasteiger partial charge is 0.415 e. The van der Waals surface area contributed by atoms with E-state index in [1.165, 1.54) is 29.2 Å². The highest BCUT2D eigenvalue weighted by atomic mass is 35.5. The molecule has 1 saturated carbocycles. The first kappa shape index (κ1) is 27.6. The van der Waals surface area contributed by atoms with E-state index >= 15 is 0 Å². The Balaban J connectivity index is 1.40. The van der Waals surface area contributed by atoms with E-state index in [-0.39, 0.29) is 47.2 Å². The Bertz CT molecular complexity index is 1240. The molecule has 9 heteroatoms. The van der Waals surface area contributed by atoms with Crippen LogP contribution in [0.15, 0.2) is 48.5 Å². The fraction of sp³-hybridized carbons (Fsp3) is 0.500. The first-order valence-electron chi connectivity index (χ1n) is 13.5. The molecule has 0 aromatic heterocycles. The van der Waals surface area contributed by atoms with Crippen LogP contribution < -0.4 is 10.1 Å². The molecule has 39 heavy (non-hydrogen) atoms. The number of halogens is 2. The molecule has 3 fully saturated rings. The van der Waals surface area contributed by atoms with Crippen molar-refractivity contribution in [3.05, 3.63) is 64.9 Å². The van der Waals surface area contributed by atoms with Gasteiger partial charge in [-0.3, -0.25) is 14.5 Å². The number of nitrogens with zero attached hydrogens (tertiary/aromatic N) is 2. The molecule has 1 N–H and O–H groups in total. The number of Topliss-reactive ketones (excluding diaryl/α,β-unsaturated/α-hetero) is 1. The van der Waals surface area contributed by atoms with E-state index in [1.54, 1.807) is 19.2 Å². The summed E-state index contributed by atoms with van der Waals surface area (Å²) in [5.74, 6) is -0.673. The van der Waals surface area contributed by atoms with Gasteiger partial charge in [0.2, 0.25) is 5.91 Å². The lowest BCUT2D eigenvalue weighted by Crippen LogP contribution is -2.62. The first-order chi connectivity index (χ1) is 18.5. The van der Waals surface area contributed by atoms with Gasteiger partial charge in [0, 0.05) is 56.0 Å². The number of carbonyl (C=O) groups excluding carboxylic acids is 3. The topological polar surface area (TPSA) is 79.0 Å². The molecular formula is C30H35ClFN3O4. The van der Waals surface area contributed by atoms with Gasteiger partial charge in [0.15, 0.2) is 5.78 Å². The molecule has 2 amide bonds. The number of amides is 2. The van der Waals surface area contributed by atoms with E-state index in [1.807, 2.05) is 17.0 Å². The van der Waals surface area contributed by atoms with Crippen LogP contribution in [0.4, 0.5) is 9.18 Å². The second-order valence-electron chi connectivity index (χ2n) is 11.7. The summed E-state index contributed by atoms with van der Waals surface area (Å²) in [5.41, 5.74) is -0.258. The van der Waals surface area contributed by atoms with Crippen molar-refractivity contribution in [2.45, 2.75) is 44.6 Å². The maximum atomic E-state index is 14.5. The van der Waals surface area contributed by atoms with Crippen LogP contribution in [0.3, 0.4) is 0 Å². The number of carbonyl (C=O) groups is 3. The molecule has 0 spiro atoms. The highest BCUT2D eigenvalue weighted by molar-refractivity contribution is 6.30. The third kappa shape index (κ3) is 5.29. The summed E-state index contributed by atoms with van der Waals surface area (Å²) in [6, 6.07) is 12.5. The lowest BCUT2D eigenvalue weighted by molar-refractivity contribution is -0.140. The fourth-order valence-electron chi connectivity index (χ4n) is 6.22. The molecule has 2 aromatic rings. The maximum Gasteiger partial charge on any atom is 0.415 e. The average Bonchev–Trinajstić information content (AvgIpc) is 3.35. The molecule has 3 atom stereocenters. The number of piperidine rings is 1. The Morgan fingerprint density at radius 3 is 2.26 bits per heavy atom. The van der Waals surface area contributed by atoms with Crippen LogP contribution >= 0.6 is 11.6 Å². The SMILES string of the molecule is CN(C(=O)Oc1ccc(F)cc1)[C@]1(C(=O)C2CCN(C(=O)C3CC3(C)C)CC2)CNC[C@H]1c1ccc(Cl)cc1. The summed E-state index contributed by atoms with van der Waals surface area (Å²) >= 11 is 6.15. The molecule has 2 saturated heterocycles. The number of hydrogen-bond acceptors (Lipinski definition) is 5. The Hall–Kier alpha value is -2.97. The van der Waals surface area contributed by atoms with Gasteiger partial charge in [-0.15, -0.1) is 0 Å².